The van der Waals surface area contributed by atoms with E-state index in [0.717, 1.165) is 31.6 Å². The molecule has 5 heteroatoms. The molecule has 0 saturated carbocycles. The summed E-state index contributed by atoms with van der Waals surface area (Å²) in [4.78, 5) is 15.7. The van der Waals surface area contributed by atoms with Crippen LogP contribution in [0.2, 0.25) is 0 Å². The topological polar surface area (TPSA) is 68.0 Å². The number of aryl methyl sites for hydroxylation is 3. The lowest BCUT2D eigenvalue weighted by Crippen LogP contribution is -2.22. The van der Waals surface area contributed by atoms with Crippen LogP contribution in [0, 0.1) is 0 Å². The Kier molecular flexibility index (Phi) is 3.50. The molecule has 0 spiro atoms. The molecular formula is C15H17N3O2. The quantitative estimate of drug-likeness (QED) is 0.923. The first kappa shape index (κ1) is 12.8. The fourth-order valence-electron chi connectivity index (χ4n) is 2.64. The number of hydrogen-bond acceptors (Lipinski definition) is 3. The van der Waals surface area contributed by atoms with Crippen molar-refractivity contribution in [2.45, 2.75) is 38.1 Å². The molecule has 0 radical (unpaired) electrons. The number of benzene rings is 1. The van der Waals surface area contributed by atoms with E-state index in [9.17, 15) is 9.90 Å². The predicted molar refractivity (Wildman–Crippen MR) is 73.5 cm³/mol. The molecule has 0 amide bonds. The van der Waals surface area contributed by atoms with Gasteiger partial charge in [0.1, 0.15) is 11.7 Å². The number of fused-ring (bicyclic) bond motifs is 1. The third-order valence-electron chi connectivity index (χ3n) is 3.70. The molecule has 0 fully saturated rings. The maximum absolute atomic E-state index is 11.2. The highest BCUT2D eigenvalue weighted by molar-refractivity contribution is 5.75. The summed E-state index contributed by atoms with van der Waals surface area (Å²) in [6, 6.07) is 10.2. The lowest BCUT2D eigenvalue weighted by Gasteiger charge is -2.17. The van der Waals surface area contributed by atoms with Gasteiger partial charge in [0, 0.05) is 13.0 Å². The van der Waals surface area contributed by atoms with E-state index in [-0.39, 0.29) is 0 Å². The monoisotopic (exact) mass is 271 g/mol. The minimum atomic E-state index is -0.798. The van der Waals surface area contributed by atoms with Crippen LogP contribution in [0.5, 0.6) is 0 Å². The number of hydrogen-bond donors (Lipinski definition) is 1. The maximum atomic E-state index is 11.2. The Morgan fingerprint density at radius 3 is 2.85 bits per heavy atom. The second kappa shape index (κ2) is 5.45. The van der Waals surface area contributed by atoms with Gasteiger partial charge in [0.05, 0.1) is 0 Å². The Labute approximate surface area is 117 Å². The number of aliphatic carboxylic acids is 1. The molecule has 20 heavy (non-hydrogen) atoms. The second-order valence-corrected chi connectivity index (χ2v) is 5.13. The molecule has 1 atom stereocenters. The van der Waals surface area contributed by atoms with Crippen LogP contribution in [0.1, 0.15) is 36.0 Å². The van der Waals surface area contributed by atoms with Gasteiger partial charge >= 0.3 is 5.97 Å². The van der Waals surface area contributed by atoms with Crippen LogP contribution in [0.3, 0.4) is 0 Å². The Balaban J connectivity index is 1.74. The average Bonchev–Trinajstić information content (AvgIpc) is 2.88. The van der Waals surface area contributed by atoms with Crippen molar-refractivity contribution in [3.05, 3.63) is 47.5 Å². The first-order chi connectivity index (χ1) is 9.74. The zero-order valence-electron chi connectivity index (χ0n) is 11.2. The van der Waals surface area contributed by atoms with Gasteiger partial charge in [-0.25, -0.2) is 9.67 Å². The summed E-state index contributed by atoms with van der Waals surface area (Å²) in [7, 11) is 0. The number of carbonyl (C=O) groups is 1. The van der Waals surface area contributed by atoms with E-state index in [1.165, 1.54) is 5.56 Å². The van der Waals surface area contributed by atoms with Crippen LogP contribution in [-0.4, -0.2) is 25.8 Å². The summed E-state index contributed by atoms with van der Waals surface area (Å²) in [6.07, 6.45) is 3.13. The molecule has 1 aromatic heterocycles. The largest absolute Gasteiger partial charge is 0.481 e. The molecule has 1 aliphatic rings. The van der Waals surface area contributed by atoms with Gasteiger partial charge in [-0.1, -0.05) is 30.3 Å². The normalized spacial score (nSPS) is 17.7. The van der Waals surface area contributed by atoms with Gasteiger partial charge in [-0.15, -0.1) is 0 Å². The number of rotatable bonds is 4. The zero-order valence-corrected chi connectivity index (χ0v) is 11.2. The van der Waals surface area contributed by atoms with E-state index < -0.39 is 11.9 Å². The average molecular weight is 271 g/mol. The van der Waals surface area contributed by atoms with Gasteiger partial charge in [-0.2, -0.15) is 5.10 Å². The molecule has 1 N–H and O–H groups in total. The third-order valence-corrected chi connectivity index (χ3v) is 3.70. The molecule has 0 aliphatic carbocycles. The van der Waals surface area contributed by atoms with Crippen LogP contribution in [-0.2, 0) is 24.2 Å². The molecule has 104 valence electrons. The first-order valence-electron chi connectivity index (χ1n) is 6.94. The van der Waals surface area contributed by atoms with Crippen LogP contribution < -0.4 is 0 Å². The fourth-order valence-corrected chi connectivity index (χ4v) is 2.64. The number of nitrogens with zero attached hydrogens (tertiary/aromatic N) is 3. The highest BCUT2D eigenvalue weighted by Crippen LogP contribution is 2.25. The molecular weight excluding hydrogens is 254 g/mol. The minimum Gasteiger partial charge on any atom is -0.481 e. The van der Waals surface area contributed by atoms with Gasteiger partial charge in [-0.05, 0) is 24.8 Å². The number of carboxylic acid groups (broad SMARTS) is 1. The smallest absolute Gasteiger partial charge is 0.314 e. The van der Waals surface area contributed by atoms with Gasteiger partial charge in [0.15, 0.2) is 5.82 Å². The Hall–Kier alpha value is -2.17. The molecule has 5 nitrogen and oxygen atoms in total. The predicted octanol–water partition coefficient (Wildman–Crippen LogP) is 2.03. The van der Waals surface area contributed by atoms with Crippen molar-refractivity contribution in [3.8, 4) is 0 Å². The summed E-state index contributed by atoms with van der Waals surface area (Å²) in [5, 5.41) is 13.7. The number of carboxylic acids is 1. The van der Waals surface area contributed by atoms with E-state index in [2.05, 4.69) is 22.2 Å². The SMILES string of the molecule is O=C(O)C1CCCn2nc(CCc3ccccc3)nc21. The van der Waals surface area contributed by atoms with Gasteiger partial charge in [-0.3, -0.25) is 4.79 Å². The van der Waals surface area contributed by atoms with E-state index in [4.69, 9.17) is 0 Å². The Morgan fingerprint density at radius 2 is 2.10 bits per heavy atom. The highest BCUT2D eigenvalue weighted by Gasteiger charge is 2.29. The van der Waals surface area contributed by atoms with Crippen molar-refractivity contribution in [1.82, 2.24) is 14.8 Å². The zero-order chi connectivity index (χ0) is 13.9. The summed E-state index contributed by atoms with van der Waals surface area (Å²) >= 11 is 0. The van der Waals surface area contributed by atoms with Gasteiger partial charge in [0.25, 0.3) is 0 Å². The first-order valence-corrected chi connectivity index (χ1v) is 6.94. The Bertz CT molecular complexity index is 607. The molecule has 2 heterocycles. The van der Waals surface area contributed by atoms with Crippen molar-refractivity contribution in [2.75, 3.05) is 0 Å². The standard InChI is InChI=1S/C15H17N3O2/c19-15(20)12-7-4-10-18-14(12)16-13(17-18)9-8-11-5-2-1-3-6-11/h1-3,5-6,12H,4,7-10H2,(H,19,20). The van der Waals surface area contributed by atoms with Crippen molar-refractivity contribution >= 4 is 5.97 Å². The van der Waals surface area contributed by atoms with Crippen LogP contribution in [0.4, 0.5) is 0 Å². The van der Waals surface area contributed by atoms with Crippen LogP contribution >= 0.6 is 0 Å². The summed E-state index contributed by atoms with van der Waals surface area (Å²) in [6.45, 7) is 0.775. The van der Waals surface area contributed by atoms with E-state index in [1.807, 2.05) is 18.2 Å². The molecule has 3 rings (SSSR count). The van der Waals surface area contributed by atoms with Crippen molar-refractivity contribution in [1.29, 1.82) is 0 Å². The van der Waals surface area contributed by atoms with Crippen molar-refractivity contribution in [3.63, 3.8) is 0 Å². The van der Waals surface area contributed by atoms with Gasteiger partial charge < -0.3 is 5.11 Å². The van der Waals surface area contributed by atoms with Crippen molar-refractivity contribution in [2.24, 2.45) is 0 Å². The lowest BCUT2D eigenvalue weighted by atomic mass is 10.00. The molecule has 1 aliphatic heterocycles. The third kappa shape index (κ3) is 2.57. The van der Waals surface area contributed by atoms with Crippen LogP contribution in [0.25, 0.3) is 0 Å². The van der Waals surface area contributed by atoms with Crippen LogP contribution in [0.15, 0.2) is 30.3 Å². The molecule has 1 aromatic carbocycles. The number of aromatic nitrogens is 3. The fraction of sp³-hybridized carbons (Fsp3) is 0.400. The molecule has 1 unspecified atom stereocenters. The lowest BCUT2D eigenvalue weighted by molar-refractivity contribution is -0.139. The summed E-state index contributed by atoms with van der Waals surface area (Å²) < 4.78 is 1.77. The second-order valence-electron chi connectivity index (χ2n) is 5.13. The van der Waals surface area contributed by atoms with E-state index in [0.29, 0.717) is 12.2 Å². The van der Waals surface area contributed by atoms with Gasteiger partial charge in [0.2, 0.25) is 0 Å². The Morgan fingerprint density at radius 1 is 1.30 bits per heavy atom. The molecule has 0 saturated heterocycles. The maximum Gasteiger partial charge on any atom is 0.314 e. The summed E-state index contributed by atoms with van der Waals surface area (Å²) in [5.74, 6) is 0.0681. The molecule has 2 aromatic rings. The van der Waals surface area contributed by atoms with E-state index in [1.54, 1.807) is 4.68 Å². The minimum absolute atomic E-state index is 0.498. The van der Waals surface area contributed by atoms with Crippen molar-refractivity contribution < 1.29 is 9.90 Å². The summed E-state index contributed by atoms with van der Waals surface area (Å²) in [5.41, 5.74) is 1.25. The highest BCUT2D eigenvalue weighted by atomic mass is 16.4. The van der Waals surface area contributed by atoms with E-state index >= 15 is 0 Å². The molecule has 0 bridgehead atoms.